The summed E-state index contributed by atoms with van der Waals surface area (Å²) >= 11 is 0. The van der Waals surface area contributed by atoms with Gasteiger partial charge in [-0.25, -0.2) is 4.79 Å². The molecule has 0 atom stereocenters. The van der Waals surface area contributed by atoms with Gasteiger partial charge in [0.1, 0.15) is 0 Å². The van der Waals surface area contributed by atoms with Crippen LogP contribution < -0.4 is 0 Å². The lowest BCUT2D eigenvalue weighted by molar-refractivity contribution is -0.134. The first-order chi connectivity index (χ1) is 8.99. The Balaban J connectivity index is 4.00. The molecule has 0 saturated heterocycles. The molecule has 3 heteroatoms. The van der Waals surface area contributed by atoms with Crippen molar-refractivity contribution in [3.05, 3.63) is 34.9 Å². The lowest BCUT2D eigenvalue weighted by Crippen LogP contribution is -1.95. The molecule has 0 aliphatic rings. The number of allylic oxidation sites excluding steroid dienone is 4. The maximum absolute atomic E-state index is 11.0. The summed E-state index contributed by atoms with van der Waals surface area (Å²) in [5, 5.41) is 8.87. The minimum atomic E-state index is -0.289. The molecule has 0 amide bonds. The minimum absolute atomic E-state index is 0.139. The number of carbonyl (C=O) groups excluding carboxylic acids is 1. The lowest BCUT2D eigenvalue weighted by Gasteiger charge is -2.01. The molecule has 0 heterocycles. The number of aliphatic hydroxyl groups is 1. The number of methoxy groups -OCH3 is 1. The number of carbonyl (C=O) groups is 1. The van der Waals surface area contributed by atoms with Crippen molar-refractivity contribution in [2.45, 2.75) is 46.5 Å². The van der Waals surface area contributed by atoms with Gasteiger partial charge in [-0.15, -0.1) is 0 Å². The van der Waals surface area contributed by atoms with Gasteiger partial charge in [-0.2, -0.15) is 0 Å². The summed E-state index contributed by atoms with van der Waals surface area (Å²) in [6, 6.07) is 0. The summed E-state index contributed by atoms with van der Waals surface area (Å²) in [4.78, 5) is 11.0. The van der Waals surface area contributed by atoms with E-state index in [2.05, 4.69) is 23.8 Å². The van der Waals surface area contributed by atoms with Gasteiger partial charge in [-0.1, -0.05) is 28.9 Å². The molecule has 3 nitrogen and oxygen atoms in total. The van der Waals surface area contributed by atoms with Crippen molar-refractivity contribution in [3.63, 3.8) is 0 Å². The molecule has 0 aromatic rings. The summed E-state index contributed by atoms with van der Waals surface area (Å²) in [5.74, 6) is -0.289. The van der Waals surface area contributed by atoms with Gasteiger partial charge < -0.3 is 9.84 Å². The Morgan fingerprint density at radius 1 is 1.00 bits per heavy atom. The highest BCUT2D eigenvalue weighted by atomic mass is 16.5. The molecule has 1 N–H and O–H groups in total. The van der Waals surface area contributed by atoms with Gasteiger partial charge in [0.2, 0.25) is 0 Å². The van der Waals surface area contributed by atoms with E-state index in [-0.39, 0.29) is 12.6 Å². The van der Waals surface area contributed by atoms with Gasteiger partial charge in [0.25, 0.3) is 0 Å². The molecular weight excluding hydrogens is 240 g/mol. The van der Waals surface area contributed by atoms with E-state index in [0.29, 0.717) is 0 Å². The summed E-state index contributed by atoms with van der Waals surface area (Å²) in [7, 11) is 1.39. The molecule has 0 unspecified atom stereocenters. The first-order valence-corrected chi connectivity index (χ1v) is 6.66. The molecule has 0 spiro atoms. The van der Waals surface area contributed by atoms with Crippen molar-refractivity contribution in [3.8, 4) is 0 Å². The molecule has 0 rings (SSSR count). The molecule has 19 heavy (non-hydrogen) atoms. The zero-order valence-corrected chi connectivity index (χ0v) is 12.5. The fourth-order valence-corrected chi connectivity index (χ4v) is 1.59. The number of hydrogen-bond acceptors (Lipinski definition) is 3. The van der Waals surface area contributed by atoms with Crippen LogP contribution in [-0.2, 0) is 9.53 Å². The topological polar surface area (TPSA) is 46.5 Å². The standard InChI is InChI=1S/C16H26O3/c1-13(8-6-10-15(3)12-17)7-5-9-14(2)11-16(18)19-4/h7,10-11,17H,5-6,8-9,12H2,1-4H3/b13-7+,14-11+,15-10+. The molecule has 0 radical (unpaired) electrons. The van der Waals surface area contributed by atoms with Crippen LogP contribution in [0.25, 0.3) is 0 Å². The number of hydrogen-bond donors (Lipinski definition) is 1. The van der Waals surface area contributed by atoms with Crippen LogP contribution in [0.1, 0.15) is 46.5 Å². The smallest absolute Gasteiger partial charge is 0.330 e. The fourth-order valence-electron chi connectivity index (χ4n) is 1.59. The molecule has 0 bridgehead atoms. The summed E-state index contributed by atoms with van der Waals surface area (Å²) in [6.45, 7) is 6.12. The van der Waals surface area contributed by atoms with Crippen LogP contribution in [0.15, 0.2) is 34.9 Å². The van der Waals surface area contributed by atoms with Gasteiger partial charge in [-0.05, 0) is 46.5 Å². The zero-order chi connectivity index (χ0) is 14.7. The second-order valence-electron chi connectivity index (χ2n) is 4.85. The van der Waals surface area contributed by atoms with Crippen molar-refractivity contribution >= 4 is 5.97 Å². The van der Waals surface area contributed by atoms with Gasteiger partial charge >= 0.3 is 5.97 Å². The predicted octanol–water partition coefficient (Wildman–Crippen LogP) is 3.55. The van der Waals surface area contributed by atoms with Crippen LogP contribution in [0.4, 0.5) is 0 Å². The Kier molecular flexibility index (Phi) is 9.81. The number of esters is 1. The Morgan fingerprint density at radius 3 is 2.05 bits per heavy atom. The van der Waals surface area contributed by atoms with Crippen LogP contribution >= 0.6 is 0 Å². The van der Waals surface area contributed by atoms with Crippen molar-refractivity contribution in [2.75, 3.05) is 13.7 Å². The first kappa shape index (κ1) is 17.6. The third-order valence-corrected chi connectivity index (χ3v) is 2.88. The summed E-state index contributed by atoms with van der Waals surface area (Å²) in [5.41, 5.74) is 3.39. The van der Waals surface area contributed by atoms with Crippen molar-refractivity contribution in [1.29, 1.82) is 0 Å². The SMILES string of the molecule is COC(=O)/C=C(\C)CC/C=C(\C)CC/C=C(\C)CO. The number of aliphatic hydroxyl groups excluding tert-OH is 1. The minimum Gasteiger partial charge on any atom is -0.466 e. The van der Waals surface area contributed by atoms with Crippen molar-refractivity contribution < 1.29 is 14.6 Å². The lowest BCUT2D eigenvalue weighted by atomic mass is 10.1. The maximum atomic E-state index is 11.0. The maximum Gasteiger partial charge on any atom is 0.330 e. The van der Waals surface area contributed by atoms with Crippen molar-refractivity contribution in [1.82, 2.24) is 0 Å². The second-order valence-corrected chi connectivity index (χ2v) is 4.85. The average molecular weight is 266 g/mol. The summed E-state index contributed by atoms with van der Waals surface area (Å²) in [6.07, 6.45) is 9.60. The highest BCUT2D eigenvalue weighted by Gasteiger charge is 1.96. The van der Waals surface area contributed by atoms with E-state index in [1.807, 2.05) is 13.8 Å². The van der Waals surface area contributed by atoms with Crippen molar-refractivity contribution in [2.24, 2.45) is 0 Å². The van der Waals surface area contributed by atoms with E-state index in [0.717, 1.165) is 36.8 Å². The summed E-state index contributed by atoms with van der Waals surface area (Å²) < 4.78 is 4.58. The van der Waals surface area contributed by atoms with E-state index in [1.54, 1.807) is 0 Å². The Hall–Kier alpha value is -1.35. The molecule has 0 aliphatic heterocycles. The third kappa shape index (κ3) is 10.3. The quantitative estimate of drug-likeness (QED) is 0.415. The van der Waals surface area contributed by atoms with Crippen LogP contribution in [-0.4, -0.2) is 24.8 Å². The number of rotatable bonds is 8. The van der Waals surface area contributed by atoms with Crippen LogP contribution in [0.5, 0.6) is 0 Å². The van der Waals surface area contributed by atoms with E-state index < -0.39 is 0 Å². The van der Waals surface area contributed by atoms with Gasteiger partial charge in [0.15, 0.2) is 0 Å². The molecule has 0 aromatic heterocycles. The molecule has 0 fully saturated rings. The fraction of sp³-hybridized carbons (Fsp3) is 0.562. The monoisotopic (exact) mass is 266 g/mol. The van der Waals surface area contributed by atoms with Gasteiger partial charge in [0.05, 0.1) is 13.7 Å². The van der Waals surface area contributed by atoms with Crippen LogP contribution in [0.3, 0.4) is 0 Å². The molecular formula is C16H26O3. The highest BCUT2D eigenvalue weighted by Crippen LogP contribution is 2.11. The predicted molar refractivity (Wildman–Crippen MR) is 78.8 cm³/mol. The first-order valence-electron chi connectivity index (χ1n) is 6.66. The Labute approximate surface area is 116 Å². The van der Waals surface area contributed by atoms with Gasteiger partial charge in [0, 0.05) is 6.08 Å². The highest BCUT2D eigenvalue weighted by molar-refractivity contribution is 5.82. The second kappa shape index (κ2) is 10.6. The molecule has 108 valence electrons. The molecule has 0 aromatic carbocycles. The van der Waals surface area contributed by atoms with Gasteiger partial charge in [-0.3, -0.25) is 0 Å². The Bertz CT molecular complexity index is 362. The molecule has 0 saturated carbocycles. The van der Waals surface area contributed by atoms with Crippen LogP contribution in [0.2, 0.25) is 0 Å². The van der Waals surface area contributed by atoms with E-state index in [1.165, 1.54) is 18.8 Å². The van der Waals surface area contributed by atoms with E-state index in [4.69, 9.17) is 5.11 Å². The van der Waals surface area contributed by atoms with Crippen LogP contribution in [0, 0.1) is 0 Å². The third-order valence-electron chi connectivity index (χ3n) is 2.88. The Morgan fingerprint density at radius 2 is 1.53 bits per heavy atom. The normalized spacial score (nSPS) is 13.6. The van der Waals surface area contributed by atoms with E-state index in [9.17, 15) is 4.79 Å². The zero-order valence-electron chi connectivity index (χ0n) is 12.5. The average Bonchev–Trinajstić information content (AvgIpc) is 2.38. The molecule has 0 aliphatic carbocycles. The largest absolute Gasteiger partial charge is 0.466 e. The number of ether oxygens (including phenoxy) is 1. The van der Waals surface area contributed by atoms with E-state index >= 15 is 0 Å².